The summed E-state index contributed by atoms with van der Waals surface area (Å²) in [5, 5.41) is 11.3. The molecule has 84 valence electrons. The number of nitrogens with one attached hydrogen (secondary N) is 1. The summed E-state index contributed by atoms with van der Waals surface area (Å²) < 4.78 is 3.70. The first-order valence-corrected chi connectivity index (χ1v) is 5.76. The van der Waals surface area contributed by atoms with Gasteiger partial charge in [-0.3, -0.25) is 4.98 Å². The van der Waals surface area contributed by atoms with Gasteiger partial charge in [-0.05, 0) is 17.3 Å². The highest BCUT2D eigenvalue weighted by molar-refractivity contribution is 7.09. The molecule has 0 aromatic carbocycles. The highest BCUT2D eigenvalue weighted by Gasteiger charge is 2.21. The van der Waals surface area contributed by atoms with Crippen LogP contribution in [0.15, 0.2) is 24.4 Å². The first-order valence-electron chi connectivity index (χ1n) is 4.99. The van der Waals surface area contributed by atoms with Crippen LogP contribution in [0.4, 0.5) is 5.13 Å². The van der Waals surface area contributed by atoms with Gasteiger partial charge in [-0.15, -0.1) is 0 Å². The van der Waals surface area contributed by atoms with Crippen molar-refractivity contribution in [1.82, 2.24) is 19.8 Å². The second-order valence-electron chi connectivity index (χ2n) is 4.12. The molecule has 2 aromatic rings. The van der Waals surface area contributed by atoms with E-state index in [1.54, 1.807) is 0 Å². The molecular weight excluding hydrogens is 222 g/mol. The van der Waals surface area contributed by atoms with Crippen LogP contribution in [0.1, 0.15) is 19.5 Å². The van der Waals surface area contributed by atoms with Crippen molar-refractivity contribution in [3.8, 4) is 0 Å². The number of pyridine rings is 1. The number of aromatic nitrogens is 4. The van der Waals surface area contributed by atoms with E-state index in [1.165, 1.54) is 11.5 Å². The molecule has 2 heterocycles. The molecule has 0 aliphatic rings. The molecule has 1 N–H and O–H groups in total. The van der Waals surface area contributed by atoms with Gasteiger partial charge in [-0.1, -0.05) is 29.5 Å². The average Bonchev–Trinajstić information content (AvgIpc) is 2.81. The zero-order valence-electron chi connectivity index (χ0n) is 9.21. The van der Waals surface area contributed by atoms with Crippen LogP contribution < -0.4 is 5.32 Å². The van der Waals surface area contributed by atoms with Gasteiger partial charge in [-0.25, -0.2) is 0 Å². The van der Waals surface area contributed by atoms with Crippen LogP contribution in [0.25, 0.3) is 0 Å². The quantitative estimate of drug-likeness (QED) is 0.874. The maximum atomic E-state index is 4.36. The van der Waals surface area contributed by atoms with E-state index in [0.29, 0.717) is 0 Å². The number of hydrogen-bond acceptors (Lipinski definition) is 6. The molecule has 0 bridgehead atoms. The lowest BCUT2D eigenvalue weighted by atomic mass is 9.89. The maximum absolute atomic E-state index is 4.36. The molecular formula is C10H13N5S. The minimum absolute atomic E-state index is 0.0487. The topological polar surface area (TPSA) is 63.6 Å². The van der Waals surface area contributed by atoms with Crippen molar-refractivity contribution in [2.24, 2.45) is 0 Å². The van der Waals surface area contributed by atoms with Crippen LogP contribution in [0.3, 0.4) is 0 Å². The molecule has 0 saturated carbocycles. The fourth-order valence-electron chi connectivity index (χ4n) is 1.35. The lowest BCUT2D eigenvalue weighted by molar-refractivity contribution is 0.538. The summed E-state index contributed by atoms with van der Waals surface area (Å²) in [4.78, 5) is 4.36. The summed E-state index contributed by atoms with van der Waals surface area (Å²) in [6.07, 6.45) is 1.81. The third-order valence-electron chi connectivity index (χ3n) is 2.34. The zero-order chi connectivity index (χ0) is 11.4. The Kier molecular flexibility index (Phi) is 3.09. The van der Waals surface area contributed by atoms with Gasteiger partial charge in [0.05, 0.1) is 0 Å². The minimum atomic E-state index is -0.0487. The Hall–Kier alpha value is -1.56. The van der Waals surface area contributed by atoms with Crippen LogP contribution in [0.5, 0.6) is 0 Å². The van der Waals surface area contributed by atoms with E-state index in [2.05, 4.69) is 38.9 Å². The standard InChI is InChI=1S/C10H13N5S/c1-10(2,8-5-3-4-6-11-8)7-12-9-13-14-15-16-9/h3-6H,7H2,1-2H3,(H,12,13,15). The first kappa shape index (κ1) is 10.9. The normalized spacial score (nSPS) is 11.4. The summed E-state index contributed by atoms with van der Waals surface area (Å²) >= 11 is 1.26. The molecule has 0 aliphatic heterocycles. The van der Waals surface area contributed by atoms with Crippen LogP contribution in [-0.2, 0) is 5.41 Å². The molecule has 2 rings (SSSR count). The third kappa shape index (κ3) is 2.52. The molecule has 0 aliphatic carbocycles. The summed E-state index contributed by atoms with van der Waals surface area (Å²) in [7, 11) is 0. The van der Waals surface area contributed by atoms with Crippen molar-refractivity contribution < 1.29 is 0 Å². The zero-order valence-corrected chi connectivity index (χ0v) is 10.0. The van der Waals surface area contributed by atoms with Crippen LogP contribution in [0.2, 0.25) is 0 Å². The molecule has 0 fully saturated rings. The van der Waals surface area contributed by atoms with Gasteiger partial charge < -0.3 is 5.32 Å². The largest absolute Gasteiger partial charge is 0.358 e. The highest BCUT2D eigenvalue weighted by Crippen LogP contribution is 2.21. The van der Waals surface area contributed by atoms with Crippen molar-refractivity contribution in [3.05, 3.63) is 30.1 Å². The predicted octanol–water partition coefficient (Wildman–Crippen LogP) is 1.72. The molecule has 0 amide bonds. The molecule has 0 radical (unpaired) electrons. The smallest absolute Gasteiger partial charge is 0.225 e. The minimum Gasteiger partial charge on any atom is -0.358 e. The first-order chi connectivity index (χ1) is 7.68. The fourth-order valence-corrected chi connectivity index (χ4v) is 1.71. The number of nitrogens with zero attached hydrogens (tertiary/aromatic N) is 4. The van der Waals surface area contributed by atoms with E-state index in [-0.39, 0.29) is 5.41 Å². The second kappa shape index (κ2) is 4.52. The van der Waals surface area contributed by atoms with E-state index in [0.717, 1.165) is 17.4 Å². The number of rotatable bonds is 4. The lowest BCUT2D eigenvalue weighted by Gasteiger charge is -2.23. The molecule has 0 unspecified atom stereocenters. The Labute approximate surface area is 98.1 Å². The third-order valence-corrected chi connectivity index (χ3v) is 2.89. The van der Waals surface area contributed by atoms with E-state index < -0.39 is 0 Å². The van der Waals surface area contributed by atoms with Gasteiger partial charge in [0.1, 0.15) is 0 Å². The van der Waals surface area contributed by atoms with Crippen molar-refractivity contribution >= 4 is 16.7 Å². The highest BCUT2D eigenvalue weighted by atomic mass is 32.1. The summed E-state index contributed by atoms with van der Waals surface area (Å²) in [6.45, 7) is 5.02. The number of hydrogen-bond donors (Lipinski definition) is 1. The van der Waals surface area contributed by atoms with Crippen LogP contribution in [0, 0.1) is 0 Å². The van der Waals surface area contributed by atoms with Crippen LogP contribution >= 0.6 is 11.5 Å². The fraction of sp³-hybridized carbons (Fsp3) is 0.400. The van der Waals surface area contributed by atoms with Crippen molar-refractivity contribution in [3.63, 3.8) is 0 Å². The van der Waals surface area contributed by atoms with Gasteiger partial charge in [0.25, 0.3) is 0 Å². The van der Waals surface area contributed by atoms with Crippen molar-refractivity contribution in [1.29, 1.82) is 0 Å². The predicted molar refractivity (Wildman–Crippen MR) is 63.5 cm³/mol. The molecule has 16 heavy (non-hydrogen) atoms. The Morgan fingerprint density at radius 2 is 2.25 bits per heavy atom. The molecule has 6 heteroatoms. The van der Waals surface area contributed by atoms with Gasteiger partial charge in [0, 0.05) is 35.4 Å². The summed E-state index contributed by atoms with van der Waals surface area (Å²) in [6, 6.07) is 5.94. The summed E-state index contributed by atoms with van der Waals surface area (Å²) in [5.74, 6) is 0. The van der Waals surface area contributed by atoms with Crippen LogP contribution in [-0.4, -0.2) is 26.3 Å². The van der Waals surface area contributed by atoms with Gasteiger partial charge in [0.15, 0.2) is 0 Å². The second-order valence-corrected chi connectivity index (χ2v) is 4.85. The van der Waals surface area contributed by atoms with Gasteiger partial charge in [-0.2, -0.15) is 0 Å². The molecule has 2 aromatic heterocycles. The lowest BCUT2D eigenvalue weighted by Crippen LogP contribution is -2.28. The van der Waals surface area contributed by atoms with Crippen molar-refractivity contribution in [2.45, 2.75) is 19.3 Å². The summed E-state index contributed by atoms with van der Waals surface area (Å²) in [5.41, 5.74) is 1.01. The Balaban J connectivity index is 2.03. The van der Waals surface area contributed by atoms with E-state index in [4.69, 9.17) is 0 Å². The van der Waals surface area contributed by atoms with E-state index in [9.17, 15) is 0 Å². The average molecular weight is 235 g/mol. The van der Waals surface area contributed by atoms with Gasteiger partial charge >= 0.3 is 0 Å². The SMILES string of the molecule is CC(C)(CNc1nnns1)c1ccccn1. The Morgan fingerprint density at radius 1 is 1.38 bits per heavy atom. The van der Waals surface area contributed by atoms with E-state index >= 15 is 0 Å². The molecule has 0 saturated heterocycles. The molecule has 0 spiro atoms. The monoisotopic (exact) mass is 235 g/mol. The molecule has 0 atom stereocenters. The molecule has 5 nitrogen and oxygen atoms in total. The Morgan fingerprint density at radius 3 is 2.88 bits per heavy atom. The van der Waals surface area contributed by atoms with E-state index in [1.807, 2.05) is 24.4 Å². The maximum Gasteiger partial charge on any atom is 0.225 e. The Bertz CT molecular complexity index is 426. The van der Waals surface area contributed by atoms with Gasteiger partial charge in [0.2, 0.25) is 5.13 Å². The number of anilines is 1. The van der Waals surface area contributed by atoms with Crippen molar-refractivity contribution in [2.75, 3.05) is 11.9 Å².